The SMILES string of the molecule is C=CCc1cccc(CC=C)c1OC(=O)C=C. The van der Waals surface area contributed by atoms with Crippen molar-refractivity contribution in [2.75, 3.05) is 0 Å². The summed E-state index contributed by atoms with van der Waals surface area (Å²) >= 11 is 0. The molecule has 0 aliphatic carbocycles. The number of rotatable bonds is 6. The van der Waals surface area contributed by atoms with Gasteiger partial charge >= 0.3 is 5.97 Å². The zero-order valence-electron chi connectivity index (χ0n) is 9.82. The van der Waals surface area contributed by atoms with Crippen molar-refractivity contribution in [3.05, 3.63) is 67.3 Å². The fraction of sp³-hybridized carbons (Fsp3) is 0.133. The lowest BCUT2D eigenvalue weighted by Crippen LogP contribution is -2.07. The topological polar surface area (TPSA) is 26.3 Å². The zero-order valence-corrected chi connectivity index (χ0v) is 9.82. The van der Waals surface area contributed by atoms with Crippen molar-refractivity contribution in [1.29, 1.82) is 0 Å². The molecule has 0 aliphatic heterocycles. The smallest absolute Gasteiger partial charge is 0.335 e. The number of para-hydroxylation sites is 1. The average Bonchev–Trinajstić information content (AvgIpc) is 2.33. The van der Waals surface area contributed by atoms with Crippen LogP contribution in [0.1, 0.15) is 11.1 Å². The highest BCUT2D eigenvalue weighted by Crippen LogP contribution is 2.26. The molecule has 0 fully saturated rings. The van der Waals surface area contributed by atoms with E-state index in [-0.39, 0.29) is 0 Å². The number of carbonyl (C=O) groups is 1. The second-order valence-electron chi connectivity index (χ2n) is 3.52. The molecule has 0 saturated carbocycles. The van der Waals surface area contributed by atoms with Crippen LogP contribution in [0.5, 0.6) is 5.75 Å². The van der Waals surface area contributed by atoms with Crippen LogP contribution in [0.25, 0.3) is 0 Å². The highest BCUT2D eigenvalue weighted by Gasteiger charge is 2.10. The van der Waals surface area contributed by atoms with E-state index in [1.54, 1.807) is 12.2 Å². The van der Waals surface area contributed by atoms with Crippen molar-refractivity contribution in [1.82, 2.24) is 0 Å². The maximum Gasteiger partial charge on any atom is 0.335 e. The molecule has 0 amide bonds. The lowest BCUT2D eigenvalue weighted by molar-refractivity contribution is -0.129. The van der Waals surface area contributed by atoms with Gasteiger partial charge in [-0.25, -0.2) is 4.79 Å². The molecule has 2 nitrogen and oxygen atoms in total. The summed E-state index contributed by atoms with van der Waals surface area (Å²) in [6.07, 6.45) is 6.02. The van der Waals surface area contributed by atoms with Gasteiger partial charge in [-0.05, 0) is 24.0 Å². The summed E-state index contributed by atoms with van der Waals surface area (Å²) in [4.78, 5) is 11.3. The van der Waals surface area contributed by atoms with Crippen LogP contribution >= 0.6 is 0 Å². The van der Waals surface area contributed by atoms with Crippen LogP contribution < -0.4 is 4.74 Å². The minimum absolute atomic E-state index is 0.452. The maximum absolute atomic E-state index is 11.3. The Balaban J connectivity index is 3.16. The van der Waals surface area contributed by atoms with Gasteiger partial charge in [-0.3, -0.25) is 0 Å². The summed E-state index contributed by atoms with van der Waals surface area (Å²) in [6.45, 7) is 10.8. The molecule has 1 aromatic rings. The standard InChI is InChI=1S/C15H16O2/c1-4-8-12-10-7-11-13(9-5-2)15(12)17-14(16)6-3/h4-7,10-11H,1-3,8-9H2. The van der Waals surface area contributed by atoms with Gasteiger partial charge in [0.05, 0.1) is 0 Å². The molecule has 0 heterocycles. The zero-order chi connectivity index (χ0) is 12.7. The van der Waals surface area contributed by atoms with Crippen LogP contribution in [0.15, 0.2) is 56.2 Å². The van der Waals surface area contributed by atoms with Crippen molar-refractivity contribution in [3.8, 4) is 5.75 Å². The summed E-state index contributed by atoms with van der Waals surface area (Å²) in [5, 5.41) is 0. The van der Waals surface area contributed by atoms with Crippen LogP contribution in [0.4, 0.5) is 0 Å². The van der Waals surface area contributed by atoms with Crippen molar-refractivity contribution in [3.63, 3.8) is 0 Å². The molecule has 0 radical (unpaired) electrons. The molecule has 0 aromatic heterocycles. The third-order valence-corrected chi connectivity index (χ3v) is 2.28. The van der Waals surface area contributed by atoms with E-state index in [4.69, 9.17) is 4.74 Å². The Bertz CT molecular complexity index is 416. The predicted molar refractivity (Wildman–Crippen MR) is 70.1 cm³/mol. The molecule has 88 valence electrons. The number of hydrogen-bond donors (Lipinski definition) is 0. The first-order valence-corrected chi connectivity index (χ1v) is 5.39. The monoisotopic (exact) mass is 228 g/mol. The second kappa shape index (κ2) is 6.48. The van der Waals surface area contributed by atoms with Crippen molar-refractivity contribution in [2.45, 2.75) is 12.8 Å². The summed E-state index contributed by atoms with van der Waals surface area (Å²) in [5.41, 5.74) is 1.88. The lowest BCUT2D eigenvalue weighted by atomic mass is 10.0. The lowest BCUT2D eigenvalue weighted by Gasteiger charge is -2.12. The van der Waals surface area contributed by atoms with Gasteiger partial charge in [0.2, 0.25) is 0 Å². The number of ether oxygens (including phenoxy) is 1. The molecule has 0 bridgehead atoms. The molecule has 1 aromatic carbocycles. The van der Waals surface area contributed by atoms with Crippen LogP contribution in [0, 0.1) is 0 Å². The fourth-order valence-electron chi connectivity index (χ4n) is 1.54. The fourth-order valence-corrected chi connectivity index (χ4v) is 1.54. The largest absolute Gasteiger partial charge is 0.423 e. The molecule has 0 N–H and O–H groups in total. The molecular formula is C15H16O2. The third-order valence-electron chi connectivity index (χ3n) is 2.28. The van der Waals surface area contributed by atoms with Crippen LogP contribution in [-0.4, -0.2) is 5.97 Å². The Labute approximate surface area is 102 Å². The predicted octanol–water partition coefficient (Wildman–Crippen LogP) is 3.24. The Hall–Kier alpha value is -2.09. The van der Waals surface area contributed by atoms with E-state index in [9.17, 15) is 4.79 Å². The minimum atomic E-state index is -0.452. The summed E-state index contributed by atoms with van der Waals surface area (Å²) in [6, 6.07) is 5.77. The molecule has 0 spiro atoms. The van der Waals surface area contributed by atoms with E-state index in [0.29, 0.717) is 18.6 Å². The molecule has 0 unspecified atom stereocenters. The van der Waals surface area contributed by atoms with Gasteiger partial charge < -0.3 is 4.74 Å². The Morgan fingerprint density at radius 2 is 1.65 bits per heavy atom. The van der Waals surface area contributed by atoms with E-state index >= 15 is 0 Å². The Kier molecular flexibility index (Phi) is 4.95. The van der Waals surface area contributed by atoms with Crippen LogP contribution in [0.2, 0.25) is 0 Å². The summed E-state index contributed by atoms with van der Waals surface area (Å²) < 4.78 is 5.28. The van der Waals surface area contributed by atoms with Crippen LogP contribution in [-0.2, 0) is 17.6 Å². The molecule has 1 rings (SSSR count). The number of allylic oxidation sites excluding steroid dienone is 2. The van der Waals surface area contributed by atoms with E-state index < -0.39 is 5.97 Å². The summed E-state index contributed by atoms with van der Waals surface area (Å²) in [5.74, 6) is 0.143. The number of benzene rings is 1. The quantitative estimate of drug-likeness (QED) is 0.323. The number of esters is 1. The third kappa shape index (κ3) is 3.45. The molecule has 17 heavy (non-hydrogen) atoms. The Morgan fingerprint density at radius 1 is 1.12 bits per heavy atom. The van der Waals surface area contributed by atoms with E-state index in [1.165, 1.54) is 0 Å². The van der Waals surface area contributed by atoms with Crippen molar-refractivity contribution < 1.29 is 9.53 Å². The number of hydrogen-bond acceptors (Lipinski definition) is 2. The molecule has 0 atom stereocenters. The average molecular weight is 228 g/mol. The number of carbonyl (C=O) groups excluding carboxylic acids is 1. The van der Waals surface area contributed by atoms with Crippen molar-refractivity contribution >= 4 is 5.97 Å². The van der Waals surface area contributed by atoms with Gasteiger partial charge in [-0.1, -0.05) is 36.9 Å². The van der Waals surface area contributed by atoms with E-state index in [0.717, 1.165) is 17.2 Å². The van der Waals surface area contributed by atoms with Crippen LogP contribution in [0.3, 0.4) is 0 Å². The van der Waals surface area contributed by atoms with E-state index in [2.05, 4.69) is 19.7 Å². The first-order chi connectivity index (χ1) is 8.22. The molecule has 0 saturated heterocycles. The highest BCUT2D eigenvalue weighted by atomic mass is 16.5. The highest BCUT2D eigenvalue weighted by molar-refractivity contribution is 5.83. The van der Waals surface area contributed by atoms with Gasteiger partial charge in [0.25, 0.3) is 0 Å². The van der Waals surface area contributed by atoms with Gasteiger partial charge in [-0.2, -0.15) is 0 Å². The second-order valence-corrected chi connectivity index (χ2v) is 3.52. The molecule has 0 aliphatic rings. The minimum Gasteiger partial charge on any atom is -0.423 e. The molecular weight excluding hydrogens is 212 g/mol. The van der Waals surface area contributed by atoms with Gasteiger partial charge in [0.15, 0.2) is 0 Å². The summed E-state index contributed by atoms with van der Waals surface area (Å²) in [7, 11) is 0. The van der Waals surface area contributed by atoms with Gasteiger partial charge in [0, 0.05) is 6.08 Å². The van der Waals surface area contributed by atoms with Gasteiger partial charge in [0.1, 0.15) is 5.75 Å². The normalized spacial score (nSPS) is 9.41. The maximum atomic E-state index is 11.3. The van der Waals surface area contributed by atoms with Gasteiger partial charge in [-0.15, -0.1) is 13.2 Å². The first kappa shape index (κ1) is 13.0. The first-order valence-electron chi connectivity index (χ1n) is 5.39. The van der Waals surface area contributed by atoms with E-state index in [1.807, 2.05) is 18.2 Å². The Morgan fingerprint density at radius 3 is 2.06 bits per heavy atom. The molecule has 2 heteroatoms. The van der Waals surface area contributed by atoms with Crippen molar-refractivity contribution in [2.24, 2.45) is 0 Å².